The number of nitrogens with one attached hydrogen (secondary N) is 1. The first kappa shape index (κ1) is 14.9. The molecule has 18 heavy (non-hydrogen) atoms. The van der Waals surface area contributed by atoms with E-state index >= 15 is 0 Å². The average Bonchev–Trinajstić information content (AvgIpc) is 2.33. The number of hydrogen-bond acceptors (Lipinski definition) is 3. The highest BCUT2D eigenvalue weighted by Gasteiger charge is 2.05. The van der Waals surface area contributed by atoms with Crippen LogP contribution in [0.4, 0.5) is 4.39 Å². The van der Waals surface area contributed by atoms with Crippen LogP contribution < -0.4 is 10.1 Å². The fourth-order valence-electron chi connectivity index (χ4n) is 1.52. The van der Waals surface area contributed by atoms with Crippen LogP contribution in [0, 0.1) is 5.82 Å². The summed E-state index contributed by atoms with van der Waals surface area (Å²) in [5.74, 6) is 0.471. The van der Waals surface area contributed by atoms with Crippen molar-refractivity contribution in [2.45, 2.75) is 33.4 Å². The third-order valence-electron chi connectivity index (χ3n) is 2.38. The minimum atomic E-state index is -0.242. The van der Waals surface area contributed by atoms with Gasteiger partial charge in [0.25, 0.3) is 0 Å². The largest absolute Gasteiger partial charge is 0.491 e. The predicted molar refractivity (Wildman–Crippen MR) is 70.4 cm³/mol. The van der Waals surface area contributed by atoms with E-state index in [2.05, 4.69) is 5.32 Å². The van der Waals surface area contributed by atoms with Crippen molar-refractivity contribution in [2.75, 3.05) is 19.8 Å². The first-order chi connectivity index (χ1) is 8.63. The Morgan fingerprint density at radius 3 is 2.72 bits per heavy atom. The van der Waals surface area contributed by atoms with E-state index in [4.69, 9.17) is 9.47 Å². The summed E-state index contributed by atoms with van der Waals surface area (Å²) >= 11 is 0. The van der Waals surface area contributed by atoms with Crippen LogP contribution in [0.3, 0.4) is 0 Å². The number of ether oxygens (including phenoxy) is 2. The zero-order valence-electron chi connectivity index (χ0n) is 11.3. The average molecular weight is 255 g/mol. The van der Waals surface area contributed by atoms with Gasteiger partial charge in [-0.25, -0.2) is 4.39 Å². The number of hydrogen-bond donors (Lipinski definition) is 1. The molecule has 0 heterocycles. The van der Waals surface area contributed by atoms with Crippen molar-refractivity contribution in [3.05, 3.63) is 29.6 Å². The molecule has 0 amide bonds. The molecule has 0 radical (unpaired) electrons. The molecule has 0 saturated carbocycles. The van der Waals surface area contributed by atoms with Gasteiger partial charge in [-0.05, 0) is 38.6 Å². The second-order valence-electron chi connectivity index (χ2n) is 4.30. The van der Waals surface area contributed by atoms with Crippen molar-refractivity contribution < 1.29 is 13.9 Å². The van der Waals surface area contributed by atoms with Crippen molar-refractivity contribution in [1.29, 1.82) is 0 Å². The minimum Gasteiger partial charge on any atom is -0.491 e. The van der Waals surface area contributed by atoms with Crippen LogP contribution in [0.15, 0.2) is 18.2 Å². The fourth-order valence-corrected chi connectivity index (χ4v) is 1.52. The SMILES string of the molecule is CCNCc1cc(F)ccc1OCCOC(C)C. The zero-order chi connectivity index (χ0) is 13.4. The fraction of sp³-hybridized carbons (Fsp3) is 0.571. The lowest BCUT2D eigenvalue weighted by molar-refractivity contribution is 0.0550. The topological polar surface area (TPSA) is 30.5 Å². The number of halogens is 1. The molecule has 0 aromatic heterocycles. The van der Waals surface area contributed by atoms with E-state index in [9.17, 15) is 4.39 Å². The van der Waals surface area contributed by atoms with Gasteiger partial charge in [0, 0.05) is 12.1 Å². The maximum Gasteiger partial charge on any atom is 0.124 e. The minimum absolute atomic E-state index is 0.197. The lowest BCUT2D eigenvalue weighted by Gasteiger charge is -2.13. The molecule has 0 aliphatic heterocycles. The zero-order valence-corrected chi connectivity index (χ0v) is 11.3. The maximum atomic E-state index is 13.2. The van der Waals surface area contributed by atoms with Crippen LogP contribution in [0.5, 0.6) is 5.75 Å². The van der Waals surface area contributed by atoms with Crippen molar-refractivity contribution >= 4 is 0 Å². The van der Waals surface area contributed by atoms with Crippen LogP contribution in [-0.2, 0) is 11.3 Å². The van der Waals surface area contributed by atoms with Gasteiger partial charge in [0.15, 0.2) is 0 Å². The molecule has 1 rings (SSSR count). The van der Waals surface area contributed by atoms with Crippen molar-refractivity contribution in [1.82, 2.24) is 5.32 Å². The monoisotopic (exact) mass is 255 g/mol. The molecule has 102 valence electrons. The molecule has 0 unspecified atom stereocenters. The molecule has 0 aliphatic rings. The van der Waals surface area contributed by atoms with Gasteiger partial charge in [0.1, 0.15) is 18.2 Å². The van der Waals surface area contributed by atoms with Crippen LogP contribution in [-0.4, -0.2) is 25.9 Å². The molecular formula is C14H22FNO2. The van der Waals surface area contributed by atoms with Gasteiger partial charge in [-0.2, -0.15) is 0 Å². The highest BCUT2D eigenvalue weighted by molar-refractivity contribution is 5.33. The summed E-state index contributed by atoms with van der Waals surface area (Å²) in [4.78, 5) is 0. The van der Waals surface area contributed by atoms with Crippen LogP contribution in [0.2, 0.25) is 0 Å². The summed E-state index contributed by atoms with van der Waals surface area (Å²) in [5, 5.41) is 3.16. The summed E-state index contributed by atoms with van der Waals surface area (Å²) in [5.41, 5.74) is 0.835. The first-order valence-corrected chi connectivity index (χ1v) is 6.37. The molecule has 0 aliphatic carbocycles. The second kappa shape index (κ2) is 8.06. The Morgan fingerprint density at radius 1 is 1.28 bits per heavy atom. The normalized spacial score (nSPS) is 10.9. The lowest BCUT2D eigenvalue weighted by Crippen LogP contribution is -2.15. The smallest absolute Gasteiger partial charge is 0.124 e. The third-order valence-corrected chi connectivity index (χ3v) is 2.38. The van der Waals surface area contributed by atoms with E-state index in [1.165, 1.54) is 12.1 Å². The number of rotatable bonds is 8. The molecule has 4 heteroatoms. The van der Waals surface area contributed by atoms with E-state index in [0.29, 0.717) is 25.5 Å². The van der Waals surface area contributed by atoms with Crippen molar-refractivity contribution in [3.63, 3.8) is 0 Å². The van der Waals surface area contributed by atoms with Crippen LogP contribution in [0.25, 0.3) is 0 Å². The van der Waals surface area contributed by atoms with Gasteiger partial charge in [0.05, 0.1) is 12.7 Å². The summed E-state index contributed by atoms with van der Waals surface area (Å²) in [6.07, 6.45) is 0.197. The summed E-state index contributed by atoms with van der Waals surface area (Å²) in [6.45, 7) is 8.43. The number of benzene rings is 1. The Labute approximate surface area is 108 Å². The quantitative estimate of drug-likeness (QED) is 0.725. The summed E-state index contributed by atoms with van der Waals surface area (Å²) in [7, 11) is 0. The Bertz CT molecular complexity index is 356. The van der Waals surface area contributed by atoms with E-state index in [1.807, 2.05) is 20.8 Å². The maximum absolute atomic E-state index is 13.2. The third kappa shape index (κ3) is 5.47. The van der Waals surface area contributed by atoms with E-state index < -0.39 is 0 Å². The Kier molecular flexibility index (Phi) is 6.68. The summed E-state index contributed by atoms with van der Waals surface area (Å²) < 4.78 is 24.2. The molecule has 3 nitrogen and oxygen atoms in total. The van der Waals surface area contributed by atoms with Crippen LogP contribution in [0.1, 0.15) is 26.3 Å². The molecule has 1 aromatic carbocycles. The van der Waals surface area contributed by atoms with E-state index in [-0.39, 0.29) is 11.9 Å². The summed E-state index contributed by atoms with van der Waals surface area (Å²) in [6, 6.07) is 4.58. The van der Waals surface area contributed by atoms with Gasteiger partial charge < -0.3 is 14.8 Å². The molecular weight excluding hydrogens is 233 g/mol. The van der Waals surface area contributed by atoms with Gasteiger partial charge in [0.2, 0.25) is 0 Å². The molecule has 1 aromatic rings. The standard InChI is InChI=1S/C14H22FNO2/c1-4-16-10-12-9-13(15)5-6-14(12)18-8-7-17-11(2)3/h5-6,9,11,16H,4,7-8,10H2,1-3H3. The van der Waals surface area contributed by atoms with Gasteiger partial charge in [-0.1, -0.05) is 6.92 Å². The molecule has 0 saturated heterocycles. The van der Waals surface area contributed by atoms with E-state index in [1.54, 1.807) is 6.07 Å². The van der Waals surface area contributed by atoms with Gasteiger partial charge in [-0.15, -0.1) is 0 Å². The Morgan fingerprint density at radius 2 is 2.06 bits per heavy atom. The lowest BCUT2D eigenvalue weighted by atomic mass is 10.2. The molecule has 0 spiro atoms. The Balaban J connectivity index is 2.52. The predicted octanol–water partition coefficient (Wildman–Crippen LogP) is 2.74. The van der Waals surface area contributed by atoms with Crippen molar-refractivity contribution in [2.24, 2.45) is 0 Å². The van der Waals surface area contributed by atoms with Crippen LogP contribution >= 0.6 is 0 Å². The second-order valence-corrected chi connectivity index (χ2v) is 4.30. The highest BCUT2D eigenvalue weighted by atomic mass is 19.1. The molecule has 0 fully saturated rings. The molecule has 0 bridgehead atoms. The first-order valence-electron chi connectivity index (χ1n) is 6.37. The van der Waals surface area contributed by atoms with Crippen molar-refractivity contribution in [3.8, 4) is 5.75 Å². The van der Waals surface area contributed by atoms with Gasteiger partial charge >= 0.3 is 0 Å². The van der Waals surface area contributed by atoms with E-state index in [0.717, 1.165) is 12.1 Å². The Hall–Kier alpha value is -1.13. The molecule has 0 atom stereocenters. The van der Waals surface area contributed by atoms with Gasteiger partial charge in [-0.3, -0.25) is 0 Å². The highest BCUT2D eigenvalue weighted by Crippen LogP contribution is 2.19. The molecule has 1 N–H and O–H groups in total.